The number of ether oxygens (including phenoxy) is 3. The molecule has 0 fully saturated rings. The molecular formula is C21H31NO6. The van der Waals surface area contributed by atoms with E-state index in [0.717, 1.165) is 5.56 Å². The molecule has 1 rings (SSSR count). The van der Waals surface area contributed by atoms with Gasteiger partial charge in [-0.3, -0.25) is 9.59 Å². The summed E-state index contributed by atoms with van der Waals surface area (Å²) in [6.07, 6.45) is -0.764. The molecule has 0 bridgehead atoms. The van der Waals surface area contributed by atoms with Crippen molar-refractivity contribution in [3.05, 3.63) is 35.9 Å². The van der Waals surface area contributed by atoms with Gasteiger partial charge in [0.1, 0.15) is 18.1 Å². The fourth-order valence-electron chi connectivity index (χ4n) is 2.27. The molecule has 0 aromatic heterocycles. The summed E-state index contributed by atoms with van der Waals surface area (Å²) in [7, 11) is 0. The third kappa shape index (κ3) is 7.68. The summed E-state index contributed by atoms with van der Waals surface area (Å²) < 4.78 is 15.8. The first-order chi connectivity index (χ1) is 13.0. The maximum absolute atomic E-state index is 13.0. The molecule has 0 saturated heterocycles. The Bertz CT molecular complexity index is 663. The van der Waals surface area contributed by atoms with Crippen LogP contribution in [-0.4, -0.2) is 42.7 Å². The van der Waals surface area contributed by atoms with E-state index in [-0.39, 0.29) is 19.8 Å². The van der Waals surface area contributed by atoms with E-state index in [1.165, 1.54) is 13.8 Å². The molecular weight excluding hydrogens is 362 g/mol. The highest BCUT2D eigenvalue weighted by molar-refractivity contribution is 6.06. The van der Waals surface area contributed by atoms with Crippen LogP contribution in [0.2, 0.25) is 0 Å². The molecule has 0 spiro atoms. The van der Waals surface area contributed by atoms with Crippen molar-refractivity contribution in [2.24, 2.45) is 5.41 Å². The Hall–Kier alpha value is -2.41. The van der Waals surface area contributed by atoms with Crippen molar-refractivity contribution >= 4 is 17.8 Å². The van der Waals surface area contributed by atoms with Gasteiger partial charge < -0.3 is 19.5 Å². The largest absolute Gasteiger partial charge is 0.465 e. The molecule has 0 aliphatic heterocycles. The van der Waals surface area contributed by atoms with E-state index in [9.17, 15) is 14.4 Å². The molecule has 1 atom stereocenters. The van der Waals surface area contributed by atoms with Crippen LogP contribution in [0.15, 0.2) is 30.3 Å². The van der Waals surface area contributed by atoms with Crippen LogP contribution in [0.3, 0.4) is 0 Å². The minimum absolute atomic E-state index is 0.0645. The van der Waals surface area contributed by atoms with Crippen molar-refractivity contribution in [2.45, 2.75) is 59.8 Å². The van der Waals surface area contributed by atoms with Crippen molar-refractivity contribution in [1.29, 1.82) is 0 Å². The summed E-state index contributed by atoms with van der Waals surface area (Å²) in [5, 5.41) is 2.52. The lowest BCUT2D eigenvalue weighted by molar-refractivity contribution is -0.159. The lowest BCUT2D eigenvalue weighted by Crippen LogP contribution is -2.52. The number of hydrogen-bond donors (Lipinski definition) is 1. The Morgan fingerprint density at radius 1 is 1.00 bits per heavy atom. The Labute approximate surface area is 166 Å². The van der Waals surface area contributed by atoms with Crippen LogP contribution in [0, 0.1) is 5.41 Å². The first kappa shape index (κ1) is 23.6. The van der Waals surface area contributed by atoms with Gasteiger partial charge in [-0.2, -0.15) is 0 Å². The van der Waals surface area contributed by atoms with Crippen molar-refractivity contribution < 1.29 is 28.6 Å². The second-order valence-electron chi connectivity index (χ2n) is 7.89. The zero-order valence-electron chi connectivity index (χ0n) is 17.5. The summed E-state index contributed by atoms with van der Waals surface area (Å²) in [5.74, 6) is -1.16. The van der Waals surface area contributed by atoms with Crippen LogP contribution >= 0.6 is 0 Å². The Morgan fingerprint density at radius 2 is 1.61 bits per heavy atom. The van der Waals surface area contributed by atoms with Gasteiger partial charge in [-0.1, -0.05) is 30.3 Å². The summed E-state index contributed by atoms with van der Waals surface area (Å²) in [6.45, 7) is 10.2. The maximum atomic E-state index is 13.0. The smallest absolute Gasteiger partial charge is 0.408 e. The standard InChI is InChI=1S/C21H31NO6/c1-7-26-18(24)21(5,6)17(23)16(14-28-20(2,3)4)22-19(25)27-13-15-11-9-8-10-12-15/h8-12,16H,7,13-14H2,1-6H3,(H,22,25). The van der Waals surface area contributed by atoms with Crippen LogP contribution < -0.4 is 5.32 Å². The zero-order chi connectivity index (χ0) is 21.4. The molecule has 0 radical (unpaired) electrons. The normalized spacial score (nSPS) is 12.8. The van der Waals surface area contributed by atoms with Gasteiger partial charge in [-0.05, 0) is 47.1 Å². The number of rotatable bonds is 9. The topological polar surface area (TPSA) is 90.9 Å². The number of amides is 1. The van der Waals surface area contributed by atoms with E-state index in [1.54, 1.807) is 6.92 Å². The third-order valence-electron chi connectivity index (χ3n) is 3.91. The predicted molar refractivity (Wildman–Crippen MR) is 105 cm³/mol. The second kappa shape index (κ2) is 10.2. The molecule has 1 amide bonds. The Kier molecular flexibility index (Phi) is 8.63. The molecule has 1 aromatic carbocycles. The molecule has 28 heavy (non-hydrogen) atoms. The number of benzene rings is 1. The molecule has 0 heterocycles. The highest BCUT2D eigenvalue weighted by Gasteiger charge is 2.42. The van der Waals surface area contributed by atoms with Crippen molar-refractivity contribution in [3.63, 3.8) is 0 Å². The number of nitrogens with one attached hydrogen (secondary N) is 1. The molecule has 1 aromatic rings. The minimum Gasteiger partial charge on any atom is -0.465 e. The summed E-state index contributed by atoms with van der Waals surface area (Å²) in [4.78, 5) is 37.4. The number of carbonyl (C=O) groups excluding carboxylic acids is 3. The van der Waals surface area contributed by atoms with Crippen molar-refractivity contribution in [2.75, 3.05) is 13.2 Å². The van der Waals surface area contributed by atoms with Gasteiger partial charge in [0.05, 0.1) is 18.8 Å². The Morgan fingerprint density at radius 3 is 2.14 bits per heavy atom. The van der Waals surface area contributed by atoms with Gasteiger partial charge in [-0.15, -0.1) is 0 Å². The van der Waals surface area contributed by atoms with Crippen LogP contribution in [0.1, 0.15) is 47.1 Å². The molecule has 156 valence electrons. The number of hydrogen-bond acceptors (Lipinski definition) is 6. The lowest BCUT2D eigenvalue weighted by atomic mass is 9.84. The summed E-state index contributed by atoms with van der Waals surface area (Å²) in [5.41, 5.74) is -1.14. The number of ketones is 1. The van der Waals surface area contributed by atoms with Crippen molar-refractivity contribution in [1.82, 2.24) is 5.32 Å². The van der Waals surface area contributed by atoms with E-state index >= 15 is 0 Å². The van der Waals surface area contributed by atoms with E-state index in [2.05, 4.69) is 5.32 Å². The average Bonchev–Trinajstić information content (AvgIpc) is 2.63. The van der Waals surface area contributed by atoms with Crippen LogP contribution in [-0.2, 0) is 30.4 Å². The fraction of sp³-hybridized carbons (Fsp3) is 0.571. The first-order valence-corrected chi connectivity index (χ1v) is 9.30. The monoisotopic (exact) mass is 393 g/mol. The second-order valence-corrected chi connectivity index (χ2v) is 7.89. The van der Waals surface area contributed by atoms with Crippen molar-refractivity contribution in [3.8, 4) is 0 Å². The average molecular weight is 393 g/mol. The van der Waals surface area contributed by atoms with E-state index < -0.39 is 34.9 Å². The van der Waals surface area contributed by atoms with Crippen LogP contribution in [0.5, 0.6) is 0 Å². The predicted octanol–water partition coefficient (Wildman–Crippen LogP) is 3.25. The molecule has 1 N–H and O–H groups in total. The highest BCUT2D eigenvalue weighted by atomic mass is 16.6. The highest BCUT2D eigenvalue weighted by Crippen LogP contribution is 2.22. The number of esters is 1. The minimum atomic E-state index is -1.44. The molecule has 0 saturated carbocycles. The van der Waals surface area contributed by atoms with Crippen LogP contribution in [0.4, 0.5) is 4.79 Å². The van der Waals surface area contributed by atoms with Gasteiger partial charge in [0.25, 0.3) is 0 Å². The molecule has 7 heteroatoms. The van der Waals surface area contributed by atoms with Crippen LogP contribution in [0.25, 0.3) is 0 Å². The summed E-state index contributed by atoms with van der Waals surface area (Å²) >= 11 is 0. The lowest BCUT2D eigenvalue weighted by Gasteiger charge is -2.29. The van der Waals surface area contributed by atoms with Gasteiger partial charge in [0.15, 0.2) is 5.78 Å². The zero-order valence-corrected chi connectivity index (χ0v) is 17.5. The first-order valence-electron chi connectivity index (χ1n) is 9.30. The van der Waals surface area contributed by atoms with Gasteiger partial charge in [0, 0.05) is 0 Å². The van der Waals surface area contributed by atoms with Gasteiger partial charge in [-0.25, -0.2) is 4.79 Å². The van der Waals surface area contributed by atoms with E-state index in [0.29, 0.717) is 0 Å². The molecule has 0 aliphatic rings. The SMILES string of the molecule is CCOC(=O)C(C)(C)C(=O)C(COC(C)(C)C)NC(=O)OCc1ccccc1. The fourth-order valence-corrected chi connectivity index (χ4v) is 2.27. The number of carbonyl (C=O) groups is 3. The molecule has 0 aliphatic carbocycles. The number of alkyl carbamates (subject to hydrolysis) is 1. The van der Waals surface area contributed by atoms with E-state index in [4.69, 9.17) is 14.2 Å². The maximum Gasteiger partial charge on any atom is 0.408 e. The van der Waals surface area contributed by atoms with Gasteiger partial charge in [0.2, 0.25) is 0 Å². The quantitative estimate of drug-likeness (QED) is 0.511. The molecule has 1 unspecified atom stereocenters. The van der Waals surface area contributed by atoms with Gasteiger partial charge >= 0.3 is 12.1 Å². The number of Topliss-reactive ketones (excluding diaryl/α,β-unsaturated/α-hetero) is 1. The molecule has 7 nitrogen and oxygen atoms in total. The Balaban J connectivity index is 2.84. The summed E-state index contributed by atoms with van der Waals surface area (Å²) in [6, 6.07) is 8.12. The third-order valence-corrected chi connectivity index (χ3v) is 3.91. The van der Waals surface area contributed by atoms with E-state index in [1.807, 2.05) is 51.1 Å².